The second-order valence-electron chi connectivity index (χ2n) is 5.10. The molecule has 1 aliphatic heterocycles. The number of nitrogens with zero attached hydrogens (tertiary/aromatic N) is 1. The molecule has 2 aromatic carbocycles. The number of nitrogens with one attached hydrogen (secondary N) is 1. The molecule has 2 aromatic rings. The molecule has 0 amide bonds. The van der Waals surface area contributed by atoms with Gasteiger partial charge in [-0.3, -0.25) is 4.99 Å². The lowest BCUT2D eigenvalue weighted by Crippen LogP contribution is -2.37. The largest absolute Gasteiger partial charge is 0.308 e. The van der Waals surface area contributed by atoms with Crippen LogP contribution in [-0.2, 0) is 13.0 Å². The van der Waals surface area contributed by atoms with Crippen LogP contribution in [0.15, 0.2) is 53.5 Å². The summed E-state index contributed by atoms with van der Waals surface area (Å²) in [7, 11) is 0. The molecule has 102 valence electrons. The molecule has 0 aliphatic carbocycles. The monoisotopic (exact) mass is 284 g/mol. The number of halogens is 1. The molecule has 1 aliphatic rings. The van der Waals surface area contributed by atoms with E-state index in [4.69, 9.17) is 11.6 Å². The number of hydrogen-bond acceptors (Lipinski definition) is 2. The van der Waals surface area contributed by atoms with Crippen LogP contribution in [0.4, 0.5) is 0 Å². The lowest BCUT2D eigenvalue weighted by atomic mass is 9.96. The van der Waals surface area contributed by atoms with E-state index in [-0.39, 0.29) is 0 Å². The molecular weight excluding hydrogens is 268 g/mol. The summed E-state index contributed by atoms with van der Waals surface area (Å²) in [4.78, 5) is 4.54. The highest BCUT2D eigenvalue weighted by Crippen LogP contribution is 2.16. The number of rotatable bonds is 3. The van der Waals surface area contributed by atoms with E-state index in [2.05, 4.69) is 34.6 Å². The fourth-order valence-corrected chi connectivity index (χ4v) is 2.61. The summed E-state index contributed by atoms with van der Waals surface area (Å²) < 4.78 is 0. The van der Waals surface area contributed by atoms with Crippen LogP contribution >= 0.6 is 11.6 Å². The summed E-state index contributed by atoms with van der Waals surface area (Å²) >= 11 is 5.86. The van der Waals surface area contributed by atoms with E-state index in [1.54, 1.807) is 0 Å². The van der Waals surface area contributed by atoms with Crippen LogP contribution in [0.5, 0.6) is 0 Å². The smallest absolute Gasteiger partial charge is 0.0546 e. The zero-order valence-electron chi connectivity index (χ0n) is 11.2. The molecule has 1 heterocycles. The average molecular weight is 285 g/mol. The van der Waals surface area contributed by atoms with Crippen molar-refractivity contribution in [2.45, 2.75) is 19.0 Å². The summed E-state index contributed by atoms with van der Waals surface area (Å²) in [6.45, 7) is 1.74. The van der Waals surface area contributed by atoms with Crippen molar-refractivity contribution in [1.29, 1.82) is 0 Å². The summed E-state index contributed by atoms with van der Waals surface area (Å²) in [5.74, 6) is 0. The third-order valence-corrected chi connectivity index (χ3v) is 3.85. The predicted molar refractivity (Wildman–Crippen MR) is 84.7 cm³/mol. The molecule has 3 heteroatoms. The van der Waals surface area contributed by atoms with E-state index in [0.29, 0.717) is 6.04 Å². The van der Waals surface area contributed by atoms with Crippen molar-refractivity contribution < 1.29 is 0 Å². The van der Waals surface area contributed by atoms with Crippen molar-refractivity contribution in [3.05, 3.63) is 70.2 Å². The van der Waals surface area contributed by atoms with Crippen LogP contribution in [0, 0.1) is 0 Å². The third kappa shape index (κ3) is 3.27. The minimum Gasteiger partial charge on any atom is -0.308 e. The Kier molecular flexibility index (Phi) is 4.14. The fourth-order valence-electron chi connectivity index (χ4n) is 2.48. The van der Waals surface area contributed by atoms with E-state index in [1.165, 1.54) is 11.1 Å². The van der Waals surface area contributed by atoms with Crippen molar-refractivity contribution in [3.63, 3.8) is 0 Å². The van der Waals surface area contributed by atoms with Crippen LogP contribution < -0.4 is 5.32 Å². The first-order valence-electron chi connectivity index (χ1n) is 6.87. The van der Waals surface area contributed by atoms with Crippen LogP contribution in [0.25, 0.3) is 0 Å². The maximum absolute atomic E-state index is 5.86. The topological polar surface area (TPSA) is 24.4 Å². The Morgan fingerprint density at radius 3 is 2.65 bits per heavy atom. The Bertz CT molecular complexity index is 605. The summed E-state index contributed by atoms with van der Waals surface area (Å²) in [5.41, 5.74) is 3.94. The fraction of sp³-hybridized carbons (Fsp3) is 0.235. The van der Waals surface area contributed by atoms with Crippen molar-refractivity contribution in [1.82, 2.24) is 5.32 Å². The van der Waals surface area contributed by atoms with Crippen LogP contribution in [-0.4, -0.2) is 18.8 Å². The van der Waals surface area contributed by atoms with Gasteiger partial charge >= 0.3 is 0 Å². The van der Waals surface area contributed by atoms with Crippen molar-refractivity contribution in [2.24, 2.45) is 4.99 Å². The first-order valence-corrected chi connectivity index (χ1v) is 7.24. The van der Waals surface area contributed by atoms with Gasteiger partial charge in [-0.05, 0) is 35.2 Å². The molecule has 0 spiro atoms. The minimum absolute atomic E-state index is 0.424. The lowest BCUT2D eigenvalue weighted by molar-refractivity contribution is 0.489. The Morgan fingerprint density at radius 2 is 1.85 bits per heavy atom. The maximum Gasteiger partial charge on any atom is 0.0546 e. The molecule has 1 atom stereocenters. The number of hydrogen-bond donors (Lipinski definition) is 1. The van der Waals surface area contributed by atoms with Crippen LogP contribution in [0.3, 0.4) is 0 Å². The second kappa shape index (κ2) is 6.21. The standard InChI is InChI=1S/C17H17ClN2/c18-16-7-5-13(6-8-16)10-19-12-17-9-14-3-1-2-4-15(14)11-20-17/h1-8,10,17,20H,9,11-12H2. The molecule has 0 saturated heterocycles. The number of benzene rings is 2. The normalized spacial score (nSPS) is 18.1. The molecule has 2 nitrogen and oxygen atoms in total. The minimum atomic E-state index is 0.424. The zero-order chi connectivity index (χ0) is 13.8. The summed E-state index contributed by atoms with van der Waals surface area (Å²) in [6, 6.07) is 16.8. The van der Waals surface area contributed by atoms with Gasteiger partial charge in [0.1, 0.15) is 0 Å². The van der Waals surface area contributed by atoms with E-state index in [0.717, 1.165) is 30.1 Å². The first kappa shape index (κ1) is 13.3. The van der Waals surface area contributed by atoms with Crippen molar-refractivity contribution >= 4 is 17.8 Å². The van der Waals surface area contributed by atoms with Gasteiger partial charge in [-0.1, -0.05) is 48.0 Å². The SMILES string of the molecule is Clc1ccc(C=NCC2Cc3ccccc3CN2)cc1. The summed E-state index contributed by atoms with van der Waals surface area (Å²) in [6.07, 6.45) is 2.96. The predicted octanol–water partition coefficient (Wildman–Crippen LogP) is 3.47. The Hall–Kier alpha value is -1.64. The first-order chi connectivity index (χ1) is 9.81. The molecule has 0 saturated carbocycles. The summed E-state index contributed by atoms with van der Waals surface area (Å²) in [5, 5.41) is 4.29. The van der Waals surface area contributed by atoms with E-state index in [1.807, 2.05) is 30.5 Å². The molecule has 0 aromatic heterocycles. The van der Waals surface area contributed by atoms with Gasteiger partial charge in [-0.15, -0.1) is 0 Å². The maximum atomic E-state index is 5.86. The van der Waals surface area contributed by atoms with Gasteiger partial charge in [-0.25, -0.2) is 0 Å². The van der Waals surface area contributed by atoms with Gasteiger partial charge < -0.3 is 5.32 Å². The Morgan fingerprint density at radius 1 is 1.10 bits per heavy atom. The molecule has 0 radical (unpaired) electrons. The van der Waals surface area contributed by atoms with E-state index in [9.17, 15) is 0 Å². The zero-order valence-corrected chi connectivity index (χ0v) is 12.0. The third-order valence-electron chi connectivity index (χ3n) is 3.60. The van der Waals surface area contributed by atoms with Crippen molar-refractivity contribution in [2.75, 3.05) is 6.54 Å². The molecule has 1 N–H and O–H groups in total. The lowest BCUT2D eigenvalue weighted by Gasteiger charge is -2.24. The highest BCUT2D eigenvalue weighted by Gasteiger charge is 2.16. The Balaban J connectivity index is 1.59. The molecule has 0 bridgehead atoms. The second-order valence-corrected chi connectivity index (χ2v) is 5.53. The van der Waals surface area contributed by atoms with Crippen LogP contribution in [0.1, 0.15) is 16.7 Å². The van der Waals surface area contributed by atoms with Gasteiger partial charge in [0.05, 0.1) is 6.54 Å². The van der Waals surface area contributed by atoms with Gasteiger partial charge in [-0.2, -0.15) is 0 Å². The Labute approximate surface area is 124 Å². The quantitative estimate of drug-likeness (QED) is 0.858. The van der Waals surface area contributed by atoms with Gasteiger partial charge in [0, 0.05) is 23.8 Å². The number of aliphatic imine (C=N–C) groups is 1. The number of fused-ring (bicyclic) bond motifs is 1. The highest BCUT2D eigenvalue weighted by molar-refractivity contribution is 6.30. The van der Waals surface area contributed by atoms with Crippen molar-refractivity contribution in [3.8, 4) is 0 Å². The van der Waals surface area contributed by atoms with Gasteiger partial charge in [0.2, 0.25) is 0 Å². The molecule has 20 heavy (non-hydrogen) atoms. The van der Waals surface area contributed by atoms with E-state index >= 15 is 0 Å². The molecular formula is C17H17ClN2. The van der Waals surface area contributed by atoms with Gasteiger partial charge in [0.25, 0.3) is 0 Å². The van der Waals surface area contributed by atoms with Gasteiger partial charge in [0.15, 0.2) is 0 Å². The molecule has 0 fully saturated rings. The highest BCUT2D eigenvalue weighted by atomic mass is 35.5. The molecule has 1 unspecified atom stereocenters. The van der Waals surface area contributed by atoms with E-state index < -0.39 is 0 Å². The van der Waals surface area contributed by atoms with Crippen LogP contribution in [0.2, 0.25) is 5.02 Å². The molecule has 3 rings (SSSR count). The average Bonchev–Trinajstić information content (AvgIpc) is 2.49.